The Labute approximate surface area is 88.6 Å². The summed E-state index contributed by atoms with van der Waals surface area (Å²) >= 11 is 5.62. The first-order chi connectivity index (χ1) is 4.91. The SMILES string of the molecule is CC(C)(C)n1cc(I)c(Br)n1. The van der Waals surface area contributed by atoms with E-state index in [-0.39, 0.29) is 5.54 Å². The lowest BCUT2D eigenvalue weighted by Gasteiger charge is -2.18. The molecule has 2 nitrogen and oxygen atoms in total. The van der Waals surface area contributed by atoms with Crippen molar-refractivity contribution in [3.63, 3.8) is 0 Å². The van der Waals surface area contributed by atoms with Gasteiger partial charge in [-0.2, -0.15) is 5.10 Å². The largest absolute Gasteiger partial charge is 0.265 e. The molecule has 0 spiro atoms. The highest BCUT2D eigenvalue weighted by molar-refractivity contribution is 14.1. The van der Waals surface area contributed by atoms with Gasteiger partial charge in [0.1, 0.15) is 4.60 Å². The molecule has 0 aliphatic heterocycles. The van der Waals surface area contributed by atoms with Gasteiger partial charge in [0.05, 0.1) is 9.11 Å². The van der Waals surface area contributed by atoms with E-state index in [0.717, 1.165) is 8.17 Å². The van der Waals surface area contributed by atoms with Crippen LogP contribution in [0, 0.1) is 3.57 Å². The fourth-order valence-corrected chi connectivity index (χ4v) is 1.32. The fraction of sp³-hybridized carbons (Fsp3) is 0.571. The molecule has 4 heteroatoms. The van der Waals surface area contributed by atoms with Gasteiger partial charge in [-0.05, 0) is 59.3 Å². The molecule has 0 N–H and O–H groups in total. The van der Waals surface area contributed by atoms with Crippen LogP contribution in [-0.4, -0.2) is 9.78 Å². The van der Waals surface area contributed by atoms with Crippen LogP contribution in [0.25, 0.3) is 0 Å². The first kappa shape index (κ1) is 9.51. The summed E-state index contributed by atoms with van der Waals surface area (Å²) in [7, 11) is 0. The van der Waals surface area contributed by atoms with Crippen LogP contribution < -0.4 is 0 Å². The number of hydrogen-bond donors (Lipinski definition) is 0. The van der Waals surface area contributed by atoms with Crippen molar-refractivity contribution in [2.45, 2.75) is 26.3 Å². The Balaban J connectivity index is 3.08. The van der Waals surface area contributed by atoms with Crippen molar-refractivity contribution < 1.29 is 0 Å². The average Bonchev–Trinajstić information content (AvgIpc) is 2.11. The van der Waals surface area contributed by atoms with Crippen LogP contribution in [-0.2, 0) is 5.54 Å². The minimum atomic E-state index is 0.0753. The van der Waals surface area contributed by atoms with Gasteiger partial charge in [-0.15, -0.1) is 0 Å². The Morgan fingerprint density at radius 1 is 1.55 bits per heavy atom. The highest BCUT2D eigenvalue weighted by Crippen LogP contribution is 2.21. The summed E-state index contributed by atoms with van der Waals surface area (Å²) in [4.78, 5) is 0. The molecule has 0 fully saturated rings. The van der Waals surface area contributed by atoms with Crippen LogP contribution in [0.5, 0.6) is 0 Å². The molecule has 1 rings (SSSR count). The molecule has 0 saturated carbocycles. The van der Waals surface area contributed by atoms with E-state index in [9.17, 15) is 0 Å². The van der Waals surface area contributed by atoms with Crippen LogP contribution in [0.15, 0.2) is 10.8 Å². The van der Waals surface area contributed by atoms with Crippen molar-refractivity contribution in [2.75, 3.05) is 0 Å². The molecule has 1 heterocycles. The molecule has 0 aromatic carbocycles. The maximum atomic E-state index is 4.31. The van der Waals surface area contributed by atoms with Crippen molar-refractivity contribution in [2.24, 2.45) is 0 Å². The molecule has 0 saturated heterocycles. The van der Waals surface area contributed by atoms with Crippen LogP contribution in [0.3, 0.4) is 0 Å². The molecular weight excluding hydrogens is 319 g/mol. The highest BCUT2D eigenvalue weighted by atomic mass is 127. The molecule has 0 unspecified atom stereocenters. The van der Waals surface area contributed by atoms with Crippen LogP contribution >= 0.6 is 38.5 Å². The summed E-state index contributed by atoms with van der Waals surface area (Å²) in [6.07, 6.45) is 2.03. The summed E-state index contributed by atoms with van der Waals surface area (Å²) in [5, 5.41) is 4.31. The molecule has 0 amide bonds. The first-order valence-corrected chi connectivity index (χ1v) is 5.19. The van der Waals surface area contributed by atoms with Gasteiger partial charge >= 0.3 is 0 Å². The van der Waals surface area contributed by atoms with Gasteiger partial charge in [-0.1, -0.05) is 0 Å². The van der Waals surface area contributed by atoms with Gasteiger partial charge in [0, 0.05) is 6.20 Å². The zero-order valence-electron chi connectivity index (χ0n) is 6.73. The maximum absolute atomic E-state index is 4.31. The maximum Gasteiger partial charge on any atom is 0.141 e. The second-order valence-electron chi connectivity index (χ2n) is 3.38. The zero-order chi connectivity index (χ0) is 8.65. The minimum Gasteiger partial charge on any atom is -0.265 e. The number of nitrogens with zero attached hydrogens (tertiary/aromatic N) is 2. The second-order valence-corrected chi connectivity index (χ2v) is 5.30. The van der Waals surface area contributed by atoms with E-state index in [0.29, 0.717) is 0 Å². The molecule has 1 aromatic heterocycles. The summed E-state index contributed by atoms with van der Waals surface area (Å²) < 4.78 is 4.03. The standard InChI is InChI=1S/C7H10BrIN2/c1-7(2,3)11-4-5(9)6(8)10-11/h4H,1-3H3. The normalized spacial score (nSPS) is 12.1. The molecule has 0 atom stereocenters. The zero-order valence-corrected chi connectivity index (χ0v) is 10.5. The summed E-state index contributed by atoms with van der Waals surface area (Å²) in [6.45, 7) is 6.38. The second kappa shape index (κ2) is 3.05. The fourth-order valence-electron chi connectivity index (χ4n) is 0.675. The van der Waals surface area contributed by atoms with Gasteiger partial charge in [0.15, 0.2) is 0 Å². The molecule has 0 radical (unpaired) electrons. The third-order valence-corrected chi connectivity index (χ3v) is 3.43. The number of rotatable bonds is 0. The summed E-state index contributed by atoms with van der Waals surface area (Å²) in [5.41, 5.74) is 0.0753. The predicted octanol–water partition coefficient (Wildman–Crippen LogP) is 3.01. The Bertz CT molecular complexity index is 242. The number of hydrogen-bond acceptors (Lipinski definition) is 1. The van der Waals surface area contributed by atoms with Gasteiger partial charge < -0.3 is 0 Å². The smallest absolute Gasteiger partial charge is 0.141 e. The highest BCUT2D eigenvalue weighted by Gasteiger charge is 2.15. The van der Waals surface area contributed by atoms with Crippen molar-refractivity contribution in [1.29, 1.82) is 0 Å². The lowest BCUT2D eigenvalue weighted by atomic mass is 10.1. The van der Waals surface area contributed by atoms with E-state index < -0.39 is 0 Å². The van der Waals surface area contributed by atoms with Crippen molar-refractivity contribution in [3.8, 4) is 0 Å². The van der Waals surface area contributed by atoms with E-state index in [2.05, 4.69) is 64.4 Å². The first-order valence-electron chi connectivity index (χ1n) is 3.32. The molecule has 62 valence electrons. The summed E-state index contributed by atoms with van der Waals surface area (Å²) in [6, 6.07) is 0. The number of halogens is 2. The van der Waals surface area contributed by atoms with Crippen molar-refractivity contribution >= 4 is 38.5 Å². The molecule has 1 aromatic rings. The van der Waals surface area contributed by atoms with Crippen molar-refractivity contribution in [3.05, 3.63) is 14.4 Å². The van der Waals surface area contributed by atoms with Crippen LogP contribution in [0.2, 0.25) is 0 Å². The van der Waals surface area contributed by atoms with Gasteiger partial charge in [0.2, 0.25) is 0 Å². The third-order valence-electron chi connectivity index (χ3n) is 1.32. The molecule has 0 aliphatic rings. The predicted molar refractivity (Wildman–Crippen MR) is 57.6 cm³/mol. The number of aromatic nitrogens is 2. The van der Waals surface area contributed by atoms with E-state index in [1.54, 1.807) is 0 Å². The Hall–Kier alpha value is 0.420. The monoisotopic (exact) mass is 328 g/mol. The average molecular weight is 329 g/mol. The van der Waals surface area contributed by atoms with Crippen LogP contribution in [0.1, 0.15) is 20.8 Å². The van der Waals surface area contributed by atoms with Gasteiger partial charge in [-0.3, -0.25) is 4.68 Å². The van der Waals surface area contributed by atoms with E-state index >= 15 is 0 Å². The van der Waals surface area contributed by atoms with E-state index in [4.69, 9.17) is 0 Å². The lowest BCUT2D eigenvalue weighted by molar-refractivity contribution is 0.354. The van der Waals surface area contributed by atoms with Gasteiger partial charge in [0.25, 0.3) is 0 Å². The molecule has 0 bridgehead atoms. The van der Waals surface area contributed by atoms with E-state index in [1.807, 2.05) is 10.9 Å². The van der Waals surface area contributed by atoms with Gasteiger partial charge in [-0.25, -0.2) is 0 Å². The molecule has 11 heavy (non-hydrogen) atoms. The van der Waals surface area contributed by atoms with E-state index in [1.165, 1.54) is 0 Å². The minimum absolute atomic E-state index is 0.0753. The Morgan fingerprint density at radius 2 is 2.09 bits per heavy atom. The third kappa shape index (κ3) is 2.18. The molecular formula is C7H10BrIN2. The quantitative estimate of drug-likeness (QED) is 0.669. The molecule has 0 aliphatic carbocycles. The lowest BCUT2D eigenvalue weighted by Crippen LogP contribution is -2.22. The Kier molecular flexibility index (Phi) is 2.63. The summed E-state index contributed by atoms with van der Waals surface area (Å²) in [5.74, 6) is 0. The van der Waals surface area contributed by atoms with Crippen molar-refractivity contribution in [1.82, 2.24) is 9.78 Å². The Morgan fingerprint density at radius 3 is 2.27 bits per heavy atom. The topological polar surface area (TPSA) is 17.8 Å². The van der Waals surface area contributed by atoms with Crippen LogP contribution in [0.4, 0.5) is 0 Å².